The van der Waals surface area contributed by atoms with E-state index in [0.29, 0.717) is 11.3 Å². The average Bonchev–Trinajstić information content (AvgIpc) is 2.39. The van der Waals surface area contributed by atoms with Gasteiger partial charge in [0.05, 0.1) is 17.4 Å². The molecule has 2 rings (SSSR count). The van der Waals surface area contributed by atoms with E-state index in [0.717, 1.165) is 31.6 Å². The van der Waals surface area contributed by atoms with Crippen LogP contribution in [0.3, 0.4) is 0 Å². The Bertz CT molecular complexity index is 451. The van der Waals surface area contributed by atoms with E-state index in [1.165, 1.54) is 6.42 Å². The lowest BCUT2D eigenvalue weighted by atomic mass is 10.1. The number of piperidine rings is 1. The van der Waals surface area contributed by atoms with E-state index in [2.05, 4.69) is 4.90 Å². The van der Waals surface area contributed by atoms with Gasteiger partial charge in [0.1, 0.15) is 5.75 Å². The standard InChI is InChI=1S/C15H21NO3/c1-11(2)19-12-6-7-14(13(10-12)15(17)18)16-8-4-3-5-9-16/h6-7,10-11H,3-5,8-9H2,1-2H3,(H,17,18). The number of anilines is 1. The van der Waals surface area contributed by atoms with Crippen LogP contribution in [-0.4, -0.2) is 30.3 Å². The smallest absolute Gasteiger partial charge is 0.337 e. The molecule has 104 valence electrons. The minimum atomic E-state index is -0.894. The van der Waals surface area contributed by atoms with Crippen LogP contribution in [0.4, 0.5) is 5.69 Å². The highest BCUT2D eigenvalue weighted by Gasteiger charge is 2.19. The van der Waals surface area contributed by atoms with Gasteiger partial charge in [-0.25, -0.2) is 4.79 Å². The molecule has 1 aromatic rings. The molecule has 1 saturated heterocycles. The SMILES string of the molecule is CC(C)Oc1ccc(N2CCCCC2)c(C(=O)O)c1. The van der Waals surface area contributed by atoms with E-state index < -0.39 is 5.97 Å². The molecular weight excluding hydrogens is 242 g/mol. The van der Waals surface area contributed by atoms with Gasteiger partial charge >= 0.3 is 5.97 Å². The second-order valence-electron chi connectivity index (χ2n) is 5.20. The normalized spacial score (nSPS) is 15.6. The molecule has 0 bridgehead atoms. The zero-order chi connectivity index (χ0) is 13.8. The van der Waals surface area contributed by atoms with Gasteiger partial charge < -0.3 is 14.7 Å². The molecule has 0 radical (unpaired) electrons. The Kier molecular flexibility index (Phi) is 4.30. The minimum absolute atomic E-state index is 0.0440. The number of carboxylic acid groups (broad SMARTS) is 1. The number of hydrogen-bond acceptors (Lipinski definition) is 3. The summed E-state index contributed by atoms with van der Waals surface area (Å²) in [7, 11) is 0. The van der Waals surface area contributed by atoms with Crippen molar-refractivity contribution >= 4 is 11.7 Å². The van der Waals surface area contributed by atoms with Crippen molar-refractivity contribution in [1.29, 1.82) is 0 Å². The van der Waals surface area contributed by atoms with E-state index in [1.807, 2.05) is 26.0 Å². The number of nitrogens with zero attached hydrogens (tertiary/aromatic N) is 1. The fourth-order valence-electron chi connectivity index (χ4n) is 2.44. The summed E-state index contributed by atoms with van der Waals surface area (Å²) in [5.74, 6) is -0.275. The molecule has 0 saturated carbocycles. The lowest BCUT2D eigenvalue weighted by molar-refractivity contribution is 0.0696. The molecule has 1 aromatic carbocycles. The predicted octanol–water partition coefficient (Wildman–Crippen LogP) is 3.16. The largest absolute Gasteiger partial charge is 0.491 e. The number of carboxylic acids is 1. The summed E-state index contributed by atoms with van der Waals surface area (Å²) in [5.41, 5.74) is 1.14. The minimum Gasteiger partial charge on any atom is -0.491 e. The summed E-state index contributed by atoms with van der Waals surface area (Å²) in [6.07, 6.45) is 3.53. The van der Waals surface area contributed by atoms with Gasteiger partial charge in [0.15, 0.2) is 0 Å². The maximum atomic E-state index is 11.4. The van der Waals surface area contributed by atoms with Crippen molar-refractivity contribution < 1.29 is 14.6 Å². The Hall–Kier alpha value is -1.71. The van der Waals surface area contributed by atoms with Gasteiger partial charge in [-0.3, -0.25) is 0 Å². The Morgan fingerprint density at radius 1 is 1.26 bits per heavy atom. The van der Waals surface area contributed by atoms with E-state index in [4.69, 9.17) is 4.74 Å². The van der Waals surface area contributed by atoms with Crippen LogP contribution in [-0.2, 0) is 0 Å². The van der Waals surface area contributed by atoms with Crippen molar-refractivity contribution in [3.05, 3.63) is 23.8 Å². The summed E-state index contributed by atoms with van der Waals surface area (Å²) >= 11 is 0. The Labute approximate surface area is 114 Å². The molecule has 1 fully saturated rings. The second kappa shape index (κ2) is 5.95. The lowest BCUT2D eigenvalue weighted by Gasteiger charge is -2.30. The monoisotopic (exact) mass is 263 g/mol. The zero-order valence-corrected chi connectivity index (χ0v) is 11.6. The molecule has 1 aliphatic heterocycles. The van der Waals surface area contributed by atoms with Gasteiger partial charge in [-0.2, -0.15) is 0 Å². The fourth-order valence-corrected chi connectivity index (χ4v) is 2.44. The fraction of sp³-hybridized carbons (Fsp3) is 0.533. The molecule has 4 heteroatoms. The molecule has 1 heterocycles. The molecule has 1 aliphatic rings. The first-order valence-corrected chi connectivity index (χ1v) is 6.87. The highest BCUT2D eigenvalue weighted by atomic mass is 16.5. The number of aromatic carboxylic acids is 1. The molecule has 4 nitrogen and oxygen atoms in total. The number of carbonyl (C=O) groups is 1. The maximum Gasteiger partial charge on any atom is 0.337 e. The van der Waals surface area contributed by atoms with E-state index in [-0.39, 0.29) is 6.10 Å². The van der Waals surface area contributed by atoms with Gasteiger partial charge in [-0.05, 0) is 51.3 Å². The van der Waals surface area contributed by atoms with Gasteiger partial charge in [0, 0.05) is 13.1 Å². The third kappa shape index (κ3) is 3.40. The van der Waals surface area contributed by atoms with Crippen LogP contribution in [0.25, 0.3) is 0 Å². The third-order valence-electron chi connectivity index (χ3n) is 3.27. The van der Waals surface area contributed by atoms with Crippen molar-refractivity contribution in [3.8, 4) is 5.75 Å². The first-order valence-electron chi connectivity index (χ1n) is 6.87. The first kappa shape index (κ1) is 13.7. The molecule has 1 N–H and O–H groups in total. The molecule has 0 spiro atoms. The van der Waals surface area contributed by atoms with Crippen LogP contribution in [0.1, 0.15) is 43.5 Å². The molecule has 0 amide bonds. The molecule has 19 heavy (non-hydrogen) atoms. The maximum absolute atomic E-state index is 11.4. The van der Waals surface area contributed by atoms with Crippen molar-refractivity contribution in [1.82, 2.24) is 0 Å². The van der Waals surface area contributed by atoms with Gasteiger partial charge in [-0.15, -0.1) is 0 Å². The zero-order valence-electron chi connectivity index (χ0n) is 11.6. The lowest BCUT2D eigenvalue weighted by Crippen LogP contribution is -2.30. The van der Waals surface area contributed by atoms with Gasteiger partial charge in [0.25, 0.3) is 0 Å². The average molecular weight is 263 g/mol. The van der Waals surface area contributed by atoms with Gasteiger partial charge in [-0.1, -0.05) is 0 Å². The molecule has 0 aromatic heterocycles. The predicted molar refractivity (Wildman–Crippen MR) is 75.2 cm³/mol. The van der Waals surface area contributed by atoms with Crippen molar-refractivity contribution in [2.45, 2.75) is 39.2 Å². The van der Waals surface area contributed by atoms with E-state index in [1.54, 1.807) is 6.07 Å². The summed E-state index contributed by atoms with van der Waals surface area (Å²) < 4.78 is 5.57. The number of hydrogen-bond donors (Lipinski definition) is 1. The van der Waals surface area contributed by atoms with Crippen molar-refractivity contribution in [3.63, 3.8) is 0 Å². The topological polar surface area (TPSA) is 49.8 Å². The molecule has 0 aliphatic carbocycles. The van der Waals surface area contributed by atoms with Crippen molar-refractivity contribution in [2.75, 3.05) is 18.0 Å². The molecular formula is C15H21NO3. The highest BCUT2D eigenvalue weighted by molar-refractivity contribution is 5.95. The van der Waals surface area contributed by atoms with Crippen molar-refractivity contribution in [2.24, 2.45) is 0 Å². The van der Waals surface area contributed by atoms with E-state index in [9.17, 15) is 9.90 Å². The second-order valence-corrected chi connectivity index (χ2v) is 5.20. The Morgan fingerprint density at radius 3 is 2.53 bits per heavy atom. The first-order chi connectivity index (χ1) is 9.08. The number of ether oxygens (including phenoxy) is 1. The number of benzene rings is 1. The van der Waals surface area contributed by atoms with Crippen LogP contribution in [0.15, 0.2) is 18.2 Å². The molecule has 0 unspecified atom stereocenters. The van der Waals surface area contributed by atoms with Crippen LogP contribution >= 0.6 is 0 Å². The van der Waals surface area contributed by atoms with Crippen LogP contribution in [0.2, 0.25) is 0 Å². The highest BCUT2D eigenvalue weighted by Crippen LogP contribution is 2.28. The third-order valence-corrected chi connectivity index (χ3v) is 3.27. The van der Waals surface area contributed by atoms with Crippen LogP contribution in [0, 0.1) is 0 Å². The van der Waals surface area contributed by atoms with Gasteiger partial charge in [0.2, 0.25) is 0 Å². The van der Waals surface area contributed by atoms with Crippen LogP contribution in [0.5, 0.6) is 5.75 Å². The summed E-state index contributed by atoms with van der Waals surface area (Å²) in [6.45, 7) is 5.73. The van der Waals surface area contributed by atoms with Crippen LogP contribution < -0.4 is 9.64 Å². The summed E-state index contributed by atoms with van der Waals surface area (Å²) in [4.78, 5) is 13.6. The Morgan fingerprint density at radius 2 is 1.95 bits per heavy atom. The number of rotatable bonds is 4. The quantitative estimate of drug-likeness (QED) is 0.906. The van der Waals surface area contributed by atoms with E-state index >= 15 is 0 Å². The molecule has 0 atom stereocenters. The summed E-state index contributed by atoms with van der Waals surface area (Å²) in [6, 6.07) is 5.36. The summed E-state index contributed by atoms with van der Waals surface area (Å²) in [5, 5.41) is 9.37. The Balaban J connectivity index is 2.29.